The highest BCUT2D eigenvalue weighted by Gasteiger charge is 2.57. The third-order valence-electron chi connectivity index (χ3n) is 14.6. The number of fused-ring (bicyclic) bond motifs is 2. The molecule has 17 nitrogen and oxygen atoms in total. The molecule has 3 aliphatic carbocycles. The fourth-order valence-corrected chi connectivity index (χ4v) is 10.7. The second kappa shape index (κ2) is 25.3. The molecule has 0 spiro atoms. The van der Waals surface area contributed by atoms with E-state index in [1.165, 1.54) is 6.42 Å². The van der Waals surface area contributed by atoms with Crippen molar-refractivity contribution in [3.8, 4) is 16.9 Å². The van der Waals surface area contributed by atoms with Crippen LogP contribution >= 0.6 is 0 Å². The van der Waals surface area contributed by atoms with E-state index in [1.807, 2.05) is 80.6 Å². The Morgan fingerprint density at radius 1 is 0.986 bits per heavy atom. The largest absolute Gasteiger partial charge is 0.496 e. The number of hydrogen-bond donors (Lipinski definition) is 4. The highest BCUT2D eigenvalue weighted by molar-refractivity contribution is 5.97. The van der Waals surface area contributed by atoms with Gasteiger partial charge in [0.2, 0.25) is 5.91 Å². The van der Waals surface area contributed by atoms with Gasteiger partial charge in [0.15, 0.2) is 0 Å². The molecule has 1 saturated heterocycles. The molecule has 3 aromatic rings. The first-order chi connectivity index (χ1) is 33.2. The third-order valence-corrected chi connectivity index (χ3v) is 14.6. The number of anilines is 1. The number of likely N-dealkylation sites (N-methyl/N-ethyl adjacent to an activating group) is 1. The van der Waals surface area contributed by atoms with Gasteiger partial charge in [0.25, 0.3) is 5.91 Å². The van der Waals surface area contributed by atoms with Crippen LogP contribution in [0.3, 0.4) is 0 Å². The van der Waals surface area contributed by atoms with Gasteiger partial charge in [-0.05, 0) is 91.3 Å². The monoisotopic (exact) mass is 957 g/mol. The van der Waals surface area contributed by atoms with Crippen LogP contribution in [0.1, 0.15) is 62.0 Å². The van der Waals surface area contributed by atoms with E-state index in [1.54, 1.807) is 19.1 Å². The zero-order valence-electron chi connectivity index (χ0n) is 41.9. The number of hydroxylamine groups is 2. The lowest BCUT2D eigenvalue weighted by Crippen LogP contribution is -2.62. The van der Waals surface area contributed by atoms with E-state index in [4.69, 9.17) is 29.3 Å². The molecule has 2 bridgehead atoms. The fraction of sp³-hybridized carbons (Fsp3) is 0.615. The molecule has 0 aromatic heterocycles. The number of aliphatic hydroxyl groups excluding tert-OH is 2. The molecule has 0 radical (unpaired) electrons. The first kappa shape index (κ1) is 53.5. The van der Waals surface area contributed by atoms with Gasteiger partial charge < -0.3 is 49.6 Å². The van der Waals surface area contributed by atoms with Crippen molar-refractivity contribution in [2.75, 3.05) is 99.0 Å². The Morgan fingerprint density at radius 2 is 1.70 bits per heavy atom. The summed E-state index contributed by atoms with van der Waals surface area (Å²) in [7, 11) is 7.49. The molecule has 9 atom stereocenters. The minimum atomic E-state index is -0.926. The van der Waals surface area contributed by atoms with E-state index in [2.05, 4.69) is 58.5 Å². The van der Waals surface area contributed by atoms with Crippen LogP contribution in [0.2, 0.25) is 0 Å². The zero-order chi connectivity index (χ0) is 49.7. The Bertz CT molecular complexity index is 2170. The van der Waals surface area contributed by atoms with Crippen molar-refractivity contribution in [2.45, 2.75) is 83.8 Å². The summed E-state index contributed by atoms with van der Waals surface area (Å²) < 4.78 is 22.9. The first-order valence-electron chi connectivity index (χ1n) is 24.5. The molecule has 7 rings (SSSR count). The standard InChI is InChI=1S/C52H76N8O9/c1-34-44-29-40(52(44,3)4)30-45(34)56-51(64)48-47(35(2)62)46(33-61)69-60(48)31-37-15-12-16-43(49(37)65-8)38-26-39(28-42(27-38)58(5)6)50(63)55-41(25-36-13-10-9-11-14-36)32-59(7)18-20-67-22-24-68-23-21-66-19-17-54-57-53/h9-16,26-28,34-35,40-41,44-48,61-62H,17-25,29-33H2,1-8H3,(H,55,63)(H,56,64)/t34-,35-,40+,41+,44-,45-,46-,47+,48-/m0/s1. The Kier molecular flexibility index (Phi) is 19.7. The zero-order valence-corrected chi connectivity index (χ0v) is 41.9. The summed E-state index contributed by atoms with van der Waals surface area (Å²) in [5.74, 6) is 0.846. The van der Waals surface area contributed by atoms with Crippen LogP contribution in [0.4, 0.5) is 5.69 Å². The molecule has 4 fully saturated rings. The van der Waals surface area contributed by atoms with E-state index >= 15 is 0 Å². The SMILES string of the molecule is COc1c(CN2O[C@@H](CO)[C@@H]([C@H](C)O)[C@H]2C(=O)N[C@H]2C[C@H]3C[C@@H]([C@@H]2C)C3(C)C)cccc1-c1cc(C(=O)N[C@H](Cc2ccccc2)CN(C)CCOCCOCCOCCN=[N+]=[N-])cc(N(C)C)c1. The number of nitrogens with one attached hydrogen (secondary N) is 2. The molecule has 378 valence electrons. The predicted octanol–water partition coefficient (Wildman–Crippen LogP) is 5.72. The van der Waals surface area contributed by atoms with Crippen LogP contribution in [0.5, 0.6) is 5.75 Å². The van der Waals surface area contributed by atoms with Crippen molar-refractivity contribution in [2.24, 2.45) is 34.2 Å². The Labute approximate surface area is 408 Å². The van der Waals surface area contributed by atoms with E-state index in [-0.39, 0.29) is 42.5 Å². The summed E-state index contributed by atoms with van der Waals surface area (Å²) in [6, 6.07) is 20.6. The van der Waals surface area contributed by atoms with Gasteiger partial charge >= 0.3 is 0 Å². The van der Waals surface area contributed by atoms with Crippen LogP contribution < -0.4 is 20.3 Å². The second-order valence-corrected chi connectivity index (χ2v) is 19.8. The highest BCUT2D eigenvalue weighted by Crippen LogP contribution is 2.61. The van der Waals surface area contributed by atoms with Crippen molar-refractivity contribution in [1.82, 2.24) is 20.6 Å². The van der Waals surface area contributed by atoms with Crippen LogP contribution in [-0.2, 0) is 36.8 Å². The van der Waals surface area contributed by atoms with Gasteiger partial charge in [-0.3, -0.25) is 14.4 Å². The van der Waals surface area contributed by atoms with Crippen LogP contribution in [0, 0.1) is 29.1 Å². The normalized spacial score (nSPS) is 23.7. The molecule has 2 amide bonds. The number of benzene rings is 3. The molecule has 3 saturated carbocycles. The molecule has 69 heavy (non-hydrogen) atoms. The van der Waals surface area contributed by atoms with Crippen LogP contribution in [-0.4, -0.2) is 156 Å². The fourth-order valence-electron chi connectivity index (χ4n) is 10.7. The number of amides is 2. The number of carbonyl (C=O) groups excluding carboxylic acids is 2. The average molecular weight is 957 g/mol. The molecule has 1 aliphatic heterocycles. The third kappa shape index (κ3) is 13.7. The van der Waals surface area contributed by atoms with Gasteiger partial charge in [0, 0.05) is 79.0 Å². The number of nitrogens with zero attached hydrogens (tertiary/aromatic N) is 6. The number of ether oxygens (including phenoxy) is 4. The molecule has 4 aliphatic rings. The van der Waals surface area contributed by atoms with E-state index < -0.39 is 24.2 Å². The van der Waals surface area contributed by atoms with Gasteiger partial charge in [0.1, 0.15) is 17.9 Å². The lowest BCUT2D eigenvalue weighted by Gasteiger charge is -2.62. The molecular formula is C52H76N8O9. The number of aliphatic hydroxyl groups is 2. The summed E-state index contributed by atoms with van der Waals surface area (Å²) in [6.07, 6.45) is 1.01. The second-order valence-electron chi connectivity index (χ2n) is 19.8. The lowest BCUT2D eigenvalue weighted by molar-refractivity contribution is -0.183. The summed E-state index contributed by atoms with van der Waals surface area (Å²) in [4.78, 5) is 42.0. The van der Waals surface area contributed by atoms with E-state index in [9.17, 15) is 19.8 Å². The quantitative estimate of drug-likeness (QED) is 0.0314. The minimum absolute atomic E-state index is 0.0138. The summed E-state index contributed by atoms with van der Waals surface area (Å²) in [5, 5.41) is 33.3. The van der Waals surface area contributed by atoms with Gasteiger partial charge in [-0.25, -0.2) is 0 Å². The van der Waals surface area contributed by atoms with Crippen molar-refractivity contribution < 1.29 is 43.6 Å². The number of methoxy groups -OCH3 is 1. The Hall–Kier alpha value is -4.81. The van der Waals surface area contributed by atoms with Gasteiger partial charge in [-0.2, -0.15) is 5.06 Å². The number of hydrogen-bond acceptors (Lipinski definition) is 13. The Balaban J connectivity index is 1.16. The van der Waals surface area contributed by atoms with Crippen LogP contribution in [0.15, 0.2) is 71.8 Å². The van der Waals surface area contributed by atoms with E-state index in [0.29, 0.717) is 94.8 Å². The highest BCUT2D eigenvalue weighted by atomic mass is 16.7. The average Bonchev–Trinajstić information content (AvgIpc) is 3.71. The molecule has 4 N–H and O–H groups in total. The first-order valence-corrected chi connectivity index (χ1v) is 24.5. The maximum atomic E-state index is 14.4. The maximum absolute atomic E-state index is 14.4. The van der Waals surface area contributed by atoms with E-state index in [0.717, 1.165) is 34.4 Å². The van der Waals surface area contributed by atoms with Crippen molar-refractivity contribution in [3.05, 3.63) is 93.9 Å². The number of rotatable bonds is 27. The van der Waals surface area contributed by atoms with Crippen LogP contribution in [0.25, 0.3) is 21.6 Å². The number of azide groups is 1. The van der Waals surface area contributed by atoms with Gasteiger partial charge in [-0.15, -0.1) is 0 Å². The summed E-state index contributed by atoms with van der Waals surface area (Å²) in [5.41, 5.74) is 13.3. The molecular weight excluding hydrogens is 881 g/mol. The molecule has 17 heteroatoms. The predicted molar refractivity (Wildman–Crippen MR) is 266 cm³/mol. The number of para-hydroxylation sites is 1. The topological polar surface area (TPSA) is 203 Å². The van der Waals surface area contributed by atoms with Crippen molar-refractivity contribution in [3.63, 3.8) is 0 Å². The molecule has 0 unspecified atom stereocenters. The van der Waals surface area contributed by atoms with Crippen molar-refractivity contribution >= 4 is 17.5 Å². The van der Waals surface area contributed by atoms with Gasteiger partial charge in [-0.1, -0.05) is 74.4 Å². The summed E-state index contributed by atoms with van der Waals surface area (Å²) in [6.45, 7) is 12.4. The maximum Gasteiger partial charge on any atom is 0.251 e. The number of carbonyl (C=O) groups is 2. The van der Waals surface area contributed by atoms with Gasteiger partial charge in [0.05, 0.1) is 66.0 Å². The lowest BCUT2D eigenvalue weighted by atomic mass is 9.45. The summed E-state index contributed by atoms with van der Waals surface area (Å²) >= 11 is 0. The smallest absolute Gasteiger partial charge is 0.251 e. The molecule has 3 aromatic carbocycles. The van der Waals surface area contributed by atoms with Crippen molar-refractivity contribution in [1.29, 1.82) is 0 Å². The molecule has 1 heterocycles. The Morgan fingerprint density at radius 3 is 2.33 bits per heavy atom. The minimum Gasteiger partial charge on any atom is -0.496 e.